The average molecular weight is 433 g/mol. The molecule has 152 valence electrons. The van der Waals surface area contributed by atoms with E-state index in [9.17, 15) is 13.2 Å². The molecular formula is C21H21Cl2F3O2. The molecule has 1 fully saturated rings. The smallest absolute Gasteiger partial charge is 0.168 e. The molecule has 1 aliphatic rings. The van der Waals surface area contributed by atoms with E-state index in [0.717, 1.165) is 12.8 Å². The van der Waals surface area contributed by atoms with Crippen molar-refractivity contribution in [2.75, 3.05) is 13.2 Å². The van der Waals surface area contributed by atoms with Gasteiger partial charge in [-0.15, -0.1) is 0 Å². The van der Waals surface area contributed by atoms with Crippen LogP contribution in [0.4, 0.5) is 13.2 Å². The topological polar surface area (TPSA) is 18.5 Å². The molecule has 0 atom stereocenters. The molecule has 1 heterocycles. The van der Waals surface area contributed by atoms with Crippen LogP contribution in [0.15, 0.2) is 24.3 Å². The second-order valence-electron chi connectivity index (χ2n) is 6.88. The minimum atomic E-state index is -1.27. The second kappa shape index (κ2) is 9.49. The maximum absolute atomic E-state index is 14.8. The summed E-state index contributed by atoms with van der Waals surface area (Å²) in [6.45, 7) is 3.18. The lowest BCUT2D eigenvalue weighted by atomic mass is 9.99. The van der Waals surface area contributed by atoms with Crippen molar-refractivity contribution in [1.82, 2.24) is 0 Å². The van der Waals surface area contributed by atoms with E-state index in [1.165, 1.54) is 12.1 Å². The van der Waals surface area contributed by atoms with Crippen LogP contribution in [-0.4, -0.2) is 19.5 Å². The van der Waals surface area contributed by atoms with Crippen molar-refractivity contribution in [3.8, 4) is 11.1 Å². The number of hydrogen-bond donors (Lipinski definition) is 0. The molecule has 2 aromatic carbocycles. The van der Waals surface area contributed by atoms with Crippen LogP contribution in [0.1, 0.15) is 31.7 Å². The van der Waals surface area contributed by atoms with Gasteiger partial charge in [0.2, 0.25) is 0 Å². The van der Waals surface area contributed by atoms with Crippen LogP contribution in [0, 0.1) is 23.4 Å². The van der Waals surface area contributed by atoms with Crippen LogP contribution in [0.5, 0.6) is 0 Å². The molecule has 28 heavy (non-hydrogen) atoms. The number of ether oxygens (including phenoxy) is 2. The molecule has 3 rings (SSSR count). The van der Waals surface area contributed by atoms with Gasteiger partial charge in [-0.2, -0.15) is 0 Å². The summed E-state index contributed by atoms with van der Waals surface area (Å²) in [6, 6.07) is 6.18. The molecule has 0 bridgehead atoms. The summed E-state index contributed by atoms with van der Waals surface area (Å²) in [4.78, 5) is 0. The van der Waals surface area contributed by atoms with E-state index >= 15 is 0 Å². The number of rotatable bonds is 6. The molecule has 0 N–H and O–H groups in total. The second-order valence-corrected chi connectivity index (χ2v) is 7.66. The Morgan fingerprint density at radius 2 is 1.64 bits per heavy atom. The summed E-state index contributed by atoms with van der Waals surface area (Å²) in [5.41, 5.74) is -0.656. The van der Waals surface area contributed by atoms with Crippen LogP contribution in [-0.2, 0) is 15.9 Å². The minimum Gasteiger partial charge on any atom is -0.352 e. The normalized spacial score (nSPS) is 19.8. The molecule has 0 radical (unpaired) electrons. The first kappa shape index (κ1) is 21.4. The molecule has 0 saturated carbocycles. The highest BCUT2D eigenvalue weighted by molar-refractivity contribution is 6.36. The van der Waals surface area contributed by atoms with Crippen molar-refractivity contribution in [3.05, 3.63) is 57.3 Å². The Morgan fingerprint density at radius 1 is 0.964 bits per heavy atom. The maximum Gasteiger partial charge on any atom is 0.168 e. The summed E-state index contributed by atoms with van der Waals surface area (Å²) in [5.74, 6) is -3.15. The Kier molecular flexibility index (Phi) is 7.26. The van der Waals surface area contributed by atoms with Gasteiger partial charge in [-0.3, -0.25) is 0 Å². The Hall–Kier alpha value is -1.27. The molecule has 2 aromatic rings. The fourth-order valence-electron chi connectivity index (χ4n) is 3.38. The van der Waals surface area contributed by atoms with E-state index < -0.39 is 34.3 Å². The van der Waals surface area contributed by atoms with Crippen LogP contribution in [0.3, 0.4) is 0 Å². The van der Waals surface area contributed by atoms with Gasteiger partial charge in [-0.25, -0.2) is 13.2 Å². The van der Waals surface area contributed by atoms with Gasteiger partial charge in [0.15, 0.2) is 17.9 Å². The Labute approximate surface area is 172 Å². The fraction of sp³-hybridized carbons (Fsp3) is 0.429. The molecule has 0 spiro atoms. The monoisotopic (exact) mass is 432 g/mol. The van der Waals surface area contributed by atoms with Crippen molar-refractivity contribution >= 4 is 23.2 Å². The van der Waals surface area contributed by atoms with Crippen LogP contribution in [0.25, 0.3) is 11.1 Å². The SMILES string of the molecule is CCCC1COC(CCc2c(F)c(F)c(-c3ccccc3Cl)c(Cl)c2F)OC1. The van der Waals surface area contributed by atoms with Gasteiger partial charge in [0, 0.05) is 34.1 Å². The Morgan fingerprint density at radius 3 is 2.29 bits per heavy atom. The van der Waals surface area contributed by atoms with Gasteiger partial charge in [0.1, 0.15) is 5.82 Å². The van der Waals surface area contributed by atoms with Crippen LogP contribution in [0.2, 0.25) is 10.0 Å². The van der Waals surface area contributed by atoms with E-state index in [1.807, 2.05) is 0 Å². The lowest BCUT2D eigenvalue weighted by Gasteiger charge is -2.29. The number of halogens is 5. The zero-order valence-corrected chi connectivity index (χ0v) is 16.9. The van der Waals surface area contributed by atoms with Crippen LogP contribution >= 0.6 is 23.2 Å². The first-order valence-electron chi connectivity index (χ1n) is 9.26. The zero-order valence-electron chi connectivity index (χ0n) is 15.4. The molecular weight excluding hydrogens is 412 g/mol. The van der Waals surface area contributed by atoms with E-state index in [2.05, 4.69) is 6.92 Å². The third kappa shape index (κ3) is 4.48. The average Bonchev–Trinajstić information content (AvgIpc) is 2.69. The first-order chi connectivity index (χ1) is 13.4. The van der Waals surface area contributed by atoms with Crippen molar-refractivity contribution in [2.45, 2.75) is 38.9 Å². The highest BCUT2D eigenvalue weighted by Crippen LogP contribution is 2.40. The predicted octanol–water partition coefficient (Wildman–Crippen LogP) is 6.80. The lowest BCUT2D eigenvalue weighted by molar-refractivity contribution is -0.203. The molecule has 1 aliphatic heterocycles. The minimum absolute atomic E-state index is 0.0970. The molecule has 1 saturated heterocycles. The van der Waals surface area contributed by atoms with Gasteiger partial charge < -0.3 is 9.47 Å². The number of benzene rings is 2. The molecule has 0 aliphatic carbocycles. The van der Waals surface area contributed by atoms with Gasteiger partial charge in [-0.05, 0) is 18.9 Å². The van der Waals surface area contributed by atoms with Crippen molar-refractivity contribution < 1.29 is 22.6 Å². The van der Waals surface area contributed by atoms with Crippen molar-refractivity contribution in [2.24, 2.45) is 5.92 Å². The first-order valence-corrected chi connectivity index (χ1v) is 10.0. The summed E-state index contributed by atoms with van der Waals surface area (Å²) >= 11 is 12.1. The third-order valence-corrected chi connectivity index (χ3v) is 5.54. The maximum atomic E-state index is 14.8. The summed E-state index contributed by atoms with van der Waals surface area (Å²) in [5, 5.41) is -0.337. The molecule has 0 amide bonds. The summed E-state index contributed by atoms with van der Waals surface area (Å²) in [7, 11) is 0. The predicted molar refractivity (Wildman–Crippen MR) is 104 cm³/mol. The van der Waals surface area contributed by atoms with E-state index in [0.29, 0.717) is 19.1 Å². The number of hydrogen-bond acceptors (Lipinski definition) is 2. The van der Waals surface area contributed by atoms with Gasteiger partial charge in [0.05, 0.1) is 18.2 Å². The van der Waals surface area contributed by atoms with E-state index in [-0.39, 0.29) is 29.0 Å². The Balaban J connectivity index is 1.79. The molecule has 2 nitrogen and oxygen atoms in total. The highest BCUT2D eigenvalue weighted by Gasteiger charge is 2.27. The van der Waals surface area contributed by atoms with E-state index in [1.54, 1.807) is 12.1 Å². The van der Waals surface area contributed by atoms with Crippen LogP contribution < -0.4 is 0 Å². The molecule has 0 unspecified atom stereocenters. The molecule has 0 aromatic heterocycles. The standard InChI is InChI=1S/C21H21Cl2F3O2/c1-2-5-12-10-27-16(28-11-12)9-8-14-19(24)18(23)17(21(26)20(14)25)13-6-3-4-7-15(13)22/h3-4,6-7,12,16H,2,5,8-11H2,1H3. The fourth-order valence-corrected chi connectivity index (χ4v) is 3.91. The van der Waals surface area contributed by atoms with Gasteiger partial charge >= 0.3 is 0 Å². The lowest BCUT2D eigenvalue weighted by Crippen LogP contribution is -2.32. The third-order valence-electron chi connectivity index (χ3n) is 4.86. The van der Waals surface area contributed by atoms with E-state index in [4.69, 9.17) is 32.7 Å². The highest BCUT2D eigenvalue weighted by atomic mass is 35.5. The summed E-state index contributed by atoms with van der Waals surface area (Å²) < 4.78 is 55.3. The quantitative estimate of drug-likeness (QED) is 0.467. The Bertz CT molecular complexity index is 808. The largest absolute Gasteiger partial charge is 0.352 e. The zero-order chi connectivity index (χ0) is 20.3. The van der Waals surface area contributed by atoms with Crippen molar-refractivity contribution in [3.63, 3.8) is 0 Å². The van der Waals surface area contributed by atoms with Crippen molar-refractivity contribution in [1.29, 1.82) is 0 Å². The molecule has 7 heteroatoms. The van der Waals surface area contributed by atoms with Gasteiger partial charge in [0.25, 0.3) is 0 Å². The van der Waals surface area contributed by atoms with Gasteiger partial charge in [-0.1, -0.05) is 54.7 Å². The summed E-state index contributed by atoms with van der Waals surface area (Å²) in [6.07, 6.45) is 1.57.